The molecule has 0 aromatic heterocycles. The average Bonchev–Trinajstić information content (AvgIpc) is 2.62. The fourth-order valence-electron chi connectivity index (χ4n) is 2.43. The molecule has 2 aromatic carbocycles. The largest absolute Gasteiger partial charge is 0.379 e. The summed E-state index contributed by atoms with van der Waals surface area (Å²) in [5.74, 6) is 0.730. The third kappa shape index (κ3) is 4.40. The Hall–Kier alpha value is -0.860. The number of halogens is 1. The molecule has 3 rings (SSSR count). The summed E-state index contributed by atoms with van der Waals surface area (Å²) in [5.41, 5.74) is 0.997. The number of thioether (sulfide) groups is 1. The van der Waals surface area contributed by atoms with Gasteiger partial charge in [-0.2, -0.15) is 4.31 Å². The number of sulfonamides is 1. The molecule has 1 fully saturated rings. The molecule has 0 radical (unpaired) electrons. The van der Waals surface area contributed by atoms with Gasteiger partial charge in [-0.05, 0) is 42.0 Å². The molecule has 0 atom stereocenters. The molecule has 0 N–H and O–H groups in total. The molecule has 0 saturated carbocycles. The SMILES string of the molecule is O=S(=O)(c1cccc(CSc2ccc(Br)cc2)c1)N1CCOCC1. The Morgan fingerprint density at radius 2 is 1.79 bits per heavy atom. The van der Waals surface area contributed by atoms with Crippen LogP contribution in [0, 0.1) is 0 Å². The van der Waals surface area contributed by atoms with Crippen molar-refractivity contribution < 1.29 is 13.2 Å². The van der Waals surface area contributed by atoms with Gasteiger partial charge in [-0.15, -0.1) is 11.8 Å². The van der Waals surface area contributed by atoms with Crippen molar-refractivity contribution in [2.24, 2.45) is 0 Å². The summed E-state index contributed by atoms with van der Waals surface area (Å²) in [7, 11) is -3.44. The van der Waals surface area contributed by atoms with E-state index in [2.05, 4.69) is 15.9 Å². The van der Waals surface area contributed by atoms with Gasteiger partial charge >= 0.3 is 0 Å². The van der Waals surface area contributed by atoms with Gasteiger partial charge in [0, 0.05) is 28.2 Å². The van der Waals surface area contributed by atoms with Crippen molar-refractivity contribution in [2.75, 3.05) is 26.3 Å². The Bertz CT molecular complexity index is 788. The van der Waals surface area contributed by atoms with E-state index in [0.29, 0.717) is 31.2 Å². The number of hydrogen-bond acceptors (Lipinski definition) is 4. The molecule has 0 amide bonds. The summed E-state index contributed by atoms with van der Waals surface area (Å²) in [5, 5.41) is 0. The van der Waals surface area contributed by atoms with Crippen LogP contribution in [0.2, 0.25) is 0 Å². The number of ether oxygens (including phenoxy) is 1. The van der Waals surface area contributed by atoms with Crippen molar-refractivity contribution in [3.05, 3.63) is 58.6 Å². The molecular weight excluding hydrogens is 410 g/mol. The molecule has 0 spiro atoms. The first-order valence-corrected chi connectivity index (χ1v) is 10.8. The van der Waals surface area contributed by atoms with Gasteiger partial charge in [-0.3, -0.25) is 0 Å². The van der Waals surface area contributed by atoms with E-state index >= 15 is 0 Å². The van der Waals surface area contributed by atoms with Gasteiger partial charge in [0.05, 0.1) is 18.1 Å². The van der Waals surface area contributed by atoms with Crippen LogP contribution in [0.3, 0.4) is 0 Å². The number of benzene rings is 2. The molecule has 1 saturated heterocycles. The quantitative estimate of drug-likeness (QED) is 0.681. The molecule has 1 aliphatic heterocycles. The average molecular weight is 428 g/mol. The summed E-state index contributed by atoms with van der Waals surface area (Å²) < 4.78 is 33.2. The van der Waals surface area contributed by atoms with Gasteiger partial charge in [-0.25, -0.2) is 8.42 Å². The van der Waals surface area contributed by atoms with E-state index < -0.39 is 10.0 Å². The Morgan fingerprint density at radius 1 is 1.08 bits per heavy atom. The first kappa shape index (κ1) is 17.9. The highest BCUT2D eigenvalue weighted by molar-refractivity contribution is 9.10. The number of rotatable bonds is 5. The third-order valence-corrected chi connectivity index (χ3v) is 7.23. The maximum absolute atomic E-state index is 12.7. The monoisotopic (exact) mass is 427 g/mol. The van der Waals surface area contributed by atoms with E-state index in [1.165, 1.54) is 4.31 Å². The van der Waals surface area contributed by atoms with Gasteiger partial charge in [0.15, 0.2) is 0 Å². The van der Waals surface area contributed by atoms with Crippen LogP contribution in [-0.2, 0) is 20.5 Å². The zero-order chi connectivity index (χ0) is 17.0. The molecule has 1 heterocycles. The number of hydrogen-bond donors (Lipinski definition) is 0. The zero-order valence-electron chi connectivity index (χ0n) is 13.0. The summed E-state index contributed by atoms with van der Waals surface area (Å²) in [6.45, 7) is 1.75. The Labute approximate surface area is 155 Å². The Morgan fingerprint density at radius 3 is 2.50 bits per heavy atom. The Kier molecular flexibility index (Phi) is 5.99. The molecular formula is C17H18BrNO3S2. The fourth-order valence-corrected chi connectivity index (χ4v) is 5.01. The molecule has 1 aliphatic rings. The smallest absolute Gasteiger partial charge is 0.243 e. The Balaban J connectivity index is 1.72. The highest BCUT2D eigenvalue weighted by Crippen LogP contribution is 2.26. The highest BCUT2D eigenvalue weighted by atomic mass is 79.9. The van der Waals surface area contributed by atoms with Gasteiger partial charge in [-0.1, -0.05) is 28.1 Å². The topological polar surface area (TPSA) is 46.6 Å². The maximum atomic E-state index is 12.7. The minimum absolute atomic E-state index is 0.360. The molecule has 24 heavy (non-hydrogen) atoms. The first-order valence-electron chi connectivity index (χ1n) is 7.61. The van der Waals surface area contributed by atoms with Crippen LogP contribution < -0.4 is 0 Å². The second-order valence-corrected chi connectivity index (χ2v) is 9.31. The minimum atomic E-state index is -3.44. The minimum Gasteiger partial charge on any atom is -0.379 e. The van der Waals surface area contributed by atoms with E-state index in [1.807, 2.05) is 36.4 Å². The van der Waals surface area contributed by atoms with Crippen molar-refractivity contribution in [1.82, 2.24) is 4.31 Å². The fraction of sp³-hybridized carbons (Fsp3) is 0.294. The summed E-state index contributed by atoms with van der Waals surface area (Å²) in [4.78, 5) is 1.51. The van der Waals surface area contributed by atoms with Gasteiger partial charge in [0.2, 0.25) is 10.0 Å². The molecule has 0 aliphatic carbocycles. The van der Waals surface area contributed by atoms with Crippen LogP contribution in [-0.4, -0.2) is 39.0 Å². The molecule has 128 valence electrons. The highest BCUT2D eigenvalue weighted by Gasteiger charge is 2.26. The maximum Gasteiger partial charge on any atom is 0.243 e. The molecule has 2 aromatic rings. The lowest BCUT2D eigenvalue weighted by atomic mass is 10.2. The van der Waals surface area contributed by atoms with E-state index in [0.717, 1.165) is 20.7 Å². The first-order chi connectivity index (χ1) is 11.6. The van der Waals surface area contributed by atoms with Crippen LogP contribution in [0.5, 0.6) is 0 Å². The van der Waals surface area contributed by atoms with Crippen molar-refractivity contribution in [3.8, 4) is 0 Å². The standard InChI is InChI=1S/C17H18BrNO3S2/c18-15-4-6-16(7-5-15)23-13-14-2-1-3-17(12-14)24(20,21)19-8-10-22-11-9-19/h1-7,12H,8-11,13H2. The second kappa shape index (κ2) is 8.01. The predicted molar refractivity (Wildman–Crippen MR) is 99.7 cm³/mol. The third-order valence-electron chi connectivity index (χ3n) is 3.73. The molecule has 4 nitrogen and oxygen atoms in total. The van der Waals surface area contributed by atoms with Crippen molar-refractivity contribution in [1.29, 1.82) is 0 Å². The van der Waals surface area contributed by atoms with Crippen LogP contribution in [0.1, 0.15) is 5.56 Å². The number of nitrogens with zero attached hydrogens (tertiary/aromatic N) is 1. The molecule has 0 unspecified atom stereocenters. The van der Waals surface area contributed by atoms with E-state index in [-0.39, 0.29) is 0 Å². The molecule has 7 heteroatoms. The van der Waals surface area contributed by atoms with Crippen molar-refractivity contribution >= 4 is 37.7 Å². The van der Waals surface area contributed by atoms with Crippen LogP contribution >= 0.6 is 27.7 Å². The number of morpholine rings is 1. The zero-order valence-corrected chi connectivity index (χ0v) is 16.2. The summed E-state index contributed by atoms with van der Waals surface area (Å²) in [6, 6.07) is 15.3. The van der Waals surface area contributed by atoms with Crippen molar-refractivity contribution in [2.45, 2.75) is 15.5 Å². The van der Waals surface area contributed by atoms with Crippen LogP contribution in [0.25, 0.3) is 0 Å². The van der Waals surface area contributed by atoms with Gasteiger partial charge in [0.1, 0.15) is 0 Å². The van der Waals surface area contributed by atoms with Gasteiger partial charge in [0.25, 0.3) is 0 Å². The summed E-state index contributed by atoms with van der Waals surface area (Å²) in [6.07, 6.45) is 0. The normalized spacial score (nSPS) is 16.2. The van der Waals surface area contributed by atoms with Gasteiger partial charge < -0.3 is 4.74 Å². The predicted octanol–water partition coefficient (Wildman–Crippen LogP) is 3.76. The van der Waals surface area contributed by atoms with Crippen molar-refractivity contribution in [3.63, 3.8) is 0 Å². The second-order valence-electron chi connectivity index (χ2n) is 5.41. The summed E-state index contributed by atoms with van der Waals surface area (Å²) >= 11 is 5.11. The van der Waals surface area contributed by atoms with E-state index in [4.69, 9.17) is 4.74 Å². The van der Waals surface area contributed by atoms with E-state index in [1.54, 1.807) is 23.9 Å². The molecule has 0 bridgehead atoms. The van der Waals surface area contributed by atoms with E-state index in [9.17, 15) is 8.42 Å². The lowest BCUT2D eigenvalue weighted by molar-refractivity contribution is 0.0730. The lowest BCUT2D eigenvalue weighted by Crippen LogP contribution is -2.40. The lowest BCUT2D eigenvalue weighted by Gasteiger charge is -2.26. The van der Waals surface area contributed by atoms with Crippen LogP contribution in [0.15, 0.2) is 62.8 Å². The van der Waals surface area contributed by atoms with Crippen LogP contribution in [0.4, 0.5) is 0 Å².